The monoisotopic (exact) mass is 299 g/mol. The van der Waals surface area contributed by atoms with Crippen molar-refractivity contribution >= 4 is 5.91 Å². The van der Waals surface area contributed by atoms with Crippen LogP contribution in [0.15, 0.2) is 24.4 Å². The van der Waals surface area contributed by atoms with Crippen molar-refractivity contribution in [2.24, 2.45) is 0 Å². The molecule has 1 aliphatic rings. The lowest BCUT2D eigenvalue weighted by Crippen LogP contribution is -2.40. The highest BCUT2D eigenvalue weighted by molar-refractivity contribution is 5.81. The first-order valence-electron chi connectivity index (χ1n) is 7.63. The highest BCUT2D eigenvalue weighted by Crippen LogP contribution is 2.10. The van der Waals surface area contributed by atoms with Crippen molar-refractivity contribution in [2.45, 2.75) is 39.3 Å². The molecular weight excluding hydrogens is 278 g/mol. The van der Waals surface area contributed by atoms with Crippen molar-refractivity contribution in [1.29, 1.82) is 0 Å². The standard InChI is InChI=1S/C16H21N5O/c1-11-8-12(2)21(20-11)15-6-5-13(9-18-15)10-19-16(22)14-4-3-7-17-14/h5-6,8-9,14,17H,3-4,7,10H2,1-2H3,(H,19,22). The van der Waals surface area contributed by atoms with Gasteiger partial charge in [-0.05, 0) is 50.9 Å². The zero-order valence-electron chi connectivity index (χ0n) is 13.0. The number of carbonyl (C=O) groups excluding carboxylic acids is 1. The zero-order chi connectivity index (χ0) is 15.5. The van der Waals surface area contributed by atoms with Gasteiger partial charge < -0.3 is 10.6 Å². The van der Waals surface area contributed by atoms with Gasteiger partial charge in [0.15, 0.2) is 5.82 Å². The topological polar surface area (TPSA) is 71.8 Å². The van der Waals surface area contributed by atoms with Crippen molar-refractivity contribution in [3.8, 4) is 5.82 Å². The van der Waals surface area contributed by atoms with E-state index in [1.807, 2.05) is 36.7 Å². The van der Waals surface area contributed by atoms with Gasteiger partial charge in [0.2, 0.25) is 5.91 Å². The molecule has 2 aromatic rings. The molecule has 1 unspecified atom stereocenters. The first kappa shape index (κ1) is 14.7. The lowest BCUT2D eigenvalue weighted by Gasteiger charge is -2.11. The highest BCUT2D eigenvalue weighted by Gasteiger charge is 2.21. The van der Waals surface area contributed by atoms with Crippen LogP contribution >= 0.6 is 0 Å². The molecule has 1 fully saturated rings. The van der Waals surface area contributed by atoms with Crippen LogP contribution in [0.4, 0.5) is 0 Å². The van der Waals surface area contributed by atoms with Crippen LogP contribution in [-0.2, 0) is 11.3 Å². The molecule has 22 heavy (non-hydrogen) atoms. The smallest absolute Gasteiger partial charge is 0.237 e. The number of nitrogens with zero attached hydrogens (tertiary/aromatic N) is 3. The van der Waals surface area contributed by atoms with E-state index in [1.54, 1.807) is 6.20 Å². The summed E-state index contributed by atoms with van der Waals surface area (Å²) in [6.07, 6.45) is 3.77. The van der Waals surface area contributed by atoms with Crippen molar-refractivity contribution in [3.63, 3.8) is 0 Å². The number of aryl methyl sites for hydroxylation is 2. The third kappa shape index (κ3) is 3.17. The second-order valence-electron chi connectivity index (χ2n) is 5.73. The number of hydrogen-bond acceptors (Lipinski definition) is 4. The van der Waals surface area contributed by atoms with Crippen molar-refractivity contribution in [3.05, 3.63) is 41.3 Å². The van der Waals surface area contributed by atoms with Gasteiger partial charge in [0.05, 0.1) is 11.7 Å². The van der Waals surface area contributed by atoms with Crippen LogP contribution in [0.3, 0.4) is 0 Å². The summed E-state index contributed by atoms with van der Waals surface area (Å²) in [5, 5.41) is 10.6. The minimum Gasteiger partial charge on any atom is -0.351 e. The molecule has 0 aliphatic carbocycles. The van der Waals surface area contributed by atoms with E-state index in [0.29, 0.717) is 6.54 Å². The van der Waals surface area contributed by atoms with Gasteiger partial charge in [0.1, 0.15) is 0 Å². The molecule has 6 heteroatoms. The molecule has 2 aromatic heterocycles. The Kier molecular flexibility index (Phi) is 4.20. The first-order chi connectivity index (χ1) is 10.6. The highest BCUT2D eigenvalue weighted by atomic mass is 16.2. The van der Waals surface area contributed by atoms with Crippen LogP contribution in [0.5, 0.6) is 0 Å². The number of pyridine rings is 1. The number of aromatic nitrogens is 3. The number of rotatable bonds is 4. The molecular formula is C16H21N5O. The minimum absolute atomic E-state index is 0.0399. The molecule has 0 bridgehead atoms. The Hall–Kier alpha value is -2.21. The van der Waals surface area contributed by atoms with Gasteiger partial charge in [0.25, 0.3) is 0 Å². The average molecular weight is 299 g/mol. The molecule has 0 aromatic carbocycles. The van der Waals surface area contributed by atoms with Crippen molar-refractivity contribution < 1.29 is 4.79 Å². The molecule has 0 radical (unpaired) electrons. The summed E-state index contributed by atoms with van der Waals surface area (Å²) in [6, 6.07) is 5.88. The number of nitrogens with one attached hydrogen (secondary N) is 2. The van der Waals surface area contributed by atoms with Crippen LogP contribution in [0.1, 0.15) is 29.8 Å². The maximum Gasteiger partial charge on any atom is 0.237 e. The van der Waals surface area contributed by atoms with Crippen molar-refractivity contribution in [2.75, 3.05) is 6.54 Å². The third-order valence-corrected chi connectivity index (χ3v) is 3.88. The molecule has 0 saturated carbocycles. The Balaban J connectivity index is 1.62. The average Bonchev–Trinajstić information content (AvgIpc) is 3.15. The molecule has 0 spiro atoms. The Morgan fingerprint density at radius 2 is 2.32 bits per heavy atom. The number of hydrogen-bond donors (Lipinski definition) is 2. The maximum absolute atomic E-state index is 11.9. The first-order valence-corrected chi connectivity index (χ1v) is 7.63. The van der Waals surface area contributed by atoms with E-state index >= 15 is 0 Å². The number of carbonyl (C=O) groups is 1. The molecule has 116 valence electrons. The fraction of sp³-hybridized carbons (Fsp3) is 0.438. The van der Waals surface area contributed by atoms with E-state index in [1.165, 1.54) is 0 Å². The summed E-state index contributed by atoms with van der Waals surface area (Å²) in [5.41, 5.74) is 3.01. The van der Waals surface area contributed by atoms with Crippen molar-refractivity contribution in [1.82, 2.24) is 25.4 Å². The summed E-state index contributed by atoms with van der Waals surface area (Å²) >= 11 is 0. The lowest BCUT2D eigenvalue weighted by molar-refractivity contribution is -0.122. The van der Waals surface area contributed by atoms with E-state index < -0.39 is 0 Å². The maximum atomic E-state index is 11.9. The summed E-state index contributed by atoms with van der Waals surface area (Å²) in [5.74, 6) is 0.859. The Labute approximate surface area is 129 Å². The molecule has 1 aliphatic heterocycles. The molecule has 2 N–H and O–H groups in total. The Bertz CT molecular complexity index is 656. The van der Waals surface area contributed by atoms with E-state index in [-0.39, 0.29) is 11.9 Å². The fourth-order valence-electron chi connectivity index (χ4n) is 2.73. The predicted octanol–water partition coefficient (Wildman–Crippen LogP) is 1.25. The van der Waals surface area contributed by atoms with Gasteiger partial charge in [0, 0.05) is 18.4 Å². The zero-order valence-corrected chi connectivity index (χ0v) is 13.0. The van der Waals surface area contributed by atoms with E-state index in [9.17, 15) is 4.79 Å². The lowest BCUT2D eigenvalue weighted by atomic mass is 10.2. The van der Waals surface area contributed by atoms with Gasteiger partial charge in [-0.3, -0.25) is 4.79 Å². The SMILES string of the molecule is Cc1cc(C)n(-c2ccc(CNC(=O)C3CCCN3)cn2)n1. The van der Waals surface area contributed by atoms with E-state index in [4.69, 9.17) is 0 Å². The van der Waals surface area contributed by atoms with Gasteiger partial charge in [-0.1, -0.05) is 6.07 Å². The molecule has 1 saturated heterocycles. The second kappa shape index (κ2) is 6.27. The quantitative estimate of drug-likeness (QED) is 0.891. The van der Waals surface area contributed by atoms with E-state index in [0.717, 1.165) is 42.2 Å². The van der Waals surface area contributed by atoms with Crippen LogP contribution in [0.2, 0.25) is 0 Å². The van der Waals surface area contributed by atoms with Gasteiger partial charge >= 0.3 is 0 Å². The van der Waals surface area contributed by atoms with Crippen LogP contribution in [-0.4, -0.2) is 33.3 Å². The van der Waals surface area contributed by atoms with Crippen LogP contribution in [0, 0.1) is 13.8 Å². The summed E-state index contributed by atoms with van der Waals surface area (Å²) in [6.45, 7) is 5.40. The van der Waals surface area contributed by atoms with Gasteiger partial charge in [-0.25, -0.2) is 9.67 Å². The number of amides is 1. The van der Waals surface area contributed by atoms with Crippen LogP contribution < -0.4 is 10.6 Å². The van der Waals surface area contributed by atoms with Crippen LogP contribution in [0.25, 0.3) is 5.82 Å². The second-order valence-corrected chi connectivity index (χ2v) is 5.73. The Morgan fingerprint density at radius 3 is 2.91 bits per heavy atom. The summed E-state index contributed by atoms with van der Waals surface area (Å²) in [4.78, 5) is 16.4. The molecule has 3 rings (SSSR count). The predicted molar refractivity (Wildman–Crippen MR) is 83.7 cm³/mol. The largest absolute Gasteiger partial charge is 0.351 e. The molecule has 1 amide bonds. The molecule has 6 nitrogen and oxygen atoms in total. The Morgan fingerprint density at radius 1 is 1.45 bits per heavy atom. The molecule has 1 atom stereocenters. The fourth-order valence-corrected chi connectivity index (χ4v) is 2.73. The van der Waals surface area contributed by atoms with Gasteiger partial charge in [-0.2, -0.15) is 5.10 Å². The summed E-state index contributed by atoms with van der Waals surface area (Å²) in [7, 11) is 0. The van der Waals surface area contributed by atoms with Gasteiger partial charge in [-0.15, -0.1) is 0 Å². The third-order valence-electron chi connectivity index (χ3n) is 3.88. The molecule has 3 heterocycles. The normalized spacial score (nSPS) is 17.6. The minimum atomic E-state index is -0.0399. The van der Waals surface area contributed by atoms with E-state index in [2.05, 4.69) is 20.7 Å². The summed E-state index contributed by atoms with van der Waals surface area (Å²) < 4.78 is 1.82.